The molecule has 14 heavy (non-hydrogen) atoms. The Hall–Kier alpha value is -1.06. The van der Waals surface area contributed by atoms with Gasteiger partial charge in [-0.1, -0.05) is 6.42 Å². The van der Waals surface area contributed by atoms with Crippen LogP contribution in [0, 0.1) is 11.3 Å². The SMILES string of the molecule is CC(C)(C(=O)O)C(=O)NCC1CCC1. The fourth-order valence-electron chi connectivity index (χ4n) is 1.25. The first-order chi connectivity index (χ1) is 6.44. The highest BCUT2D eigenvalue weighted by atomic mass is 16.4. The van der Waals surface area contributed by atoms with Crippen molar-refractivity contribution in [1.29, 1.82) is 0 Å². The monoisotopic (exact) mass is 199 g/mol. The number of aliphatic carboxylic acids is 1. The lowest BCUT2D eigenvalue weighted by molar-refractivity contribution is -0.153. The van der Waals surface area contributed by atoms with E-state index in [4.69, 9.17) is 5.11 Å². The van der Waals surface area contributed by atoms with Gasteiger partial charge in [0.1, 0.15) is 5.41 Å². The van der Waals surface area contributed by atoms with Crippen LogP contribution in [0.25, 0.3) is 0 Å². The van der Waals surface area contributed by atoms with Crippen LogP contribution < -0.4 is 5.32 Å². The van der Waals surface area contributed by atoms with Gasteiger partial charge in [-0.3, -0.25) is 9.59 Å². The topological polar surface area (TPSA) is 66.4 Å². The zero-order valence-corrected chi connectivity index (χ0v) is 8.67. The Morgan fingerprint density at radius 1 is 1.43 bits per heavy atom. The number of rotatable bonds is 4. The second kappa shape index (κ2) is 3.98. The highest BCUT2D eigenvalue weighted by molar-refractivity contribution is 6.00. The molecule has 0 aromatic carbocycles. The summed E-state index contributed by atoms with van der Waals surface area (Å²) >= 11 is 0. The maximum Gasteiger partial charge on any atom is 0.318 e. The summed E-state index contributed by atoms with van der Waals surface area (Å²) in [5, 5.41) is 11.5. The van der Waals surface area contributed by atoms with Gasteiger partial charge < -0.3 is 10.4 Å². The third-order valence-corrected chi connectivity index (χ3v) is 2.88. The molecule has 0 spiro atoms. The molecule has 2 N–H and O–H groups in total. The molecule has 0 unspecified atom stereocenters. The van der Waals surface area contributed by atoms with Crippen molar-refractivity contribution in [3.63, 3.8) is 0 Å². The number of carbonyl (C=O) groups is 2. The number of hydrogen-bond acceptors (Lipinski definition) is 2. The van der Waals surface area contributed by atoms with Crippen LogP contribution in [0.5, 0.6) is 0 Å². The fourth-order valence-corrected chi connectivity index (χ4v) is 1.25. The van der Waals surface area contributed by atoms with Gasteiger partial charge >= 0.3 is 5.97 Å². The minimum atomic E-state index is -1.32. The van der Waals surface area contributed by atoms with Gasteiger partial charge in [-0.15, -0.1) is 0 Å². The Morgan fingerprint density at radius 2 is 2.00 bits per heavy atom. The van der Waals surface area contributed by atoms with Gasteiger partial charge in [0.25, 0.3) is 0 Å². The second-order valence-electron chi connectivity index (χ2n) is 4.44. The quantitative estimate of drug-likeness (QED) is 0.664. The van der Waals surface area contributed by atoms with Gasteiger partial charge in [0, 0.05) is 6.54 Å². The van der Waals surface area contributed by atoms with Crippen LogP contribution in [0.1, 0.15) is 33.1 Å². The normalized spacial score (nSPS) is 17.3. The van der Waals surface area contributed by atoms with Crippen molar-refractivity contribution in [2.24, 2.45) is 11.3 Å². The summed E-state index contributed by atoms with van der Waals surface area (Å²) < 4.78 is 0. The molecule has 1 fully saturated rings. The lowest BCUT2D eigenvalue weighted by atomic mass is 9.85. The molecule has 0 aromatic rings. The van der Waals surface area contributed by atoms with Crippen LogP contribution in [-0.4, -0.2) is 23.5 Å². The van der Waals surface area contributed by atoms with E-state index in [2.05, 4.69) is 5.32 Å². The highest BCUT2D eigenvalue weighted by Gasteiger charge is 2.36. The molecule has 0 atom stereocenters. The molecule has 1 amide bonds. The number of amides is 1. The maximum atomic E-state index is 11.5. The first kappa shape index (κ1) is 11.0. The van der Waals surface area contributed by atoms with E-state index in [-0.39, 0.29) is 0 Å². The van der Waals surface area contributed by atoms with E-state index in [0.29, 0.717) is 12.5 Å². The Labute approximate surface area is 83.7 Å². The van der Waals surface area contributed by atoms with Gasteiger partial charge in [-0.2, -0.15) is 0 Å². The Bertz CT molecular complexity index is 244. The third-order valence-electron chi connectivity index (χ3n) is 2.88. The largest absolute Gasteiger partial charge is 0.480 e. The molecule has 0 saturated heterocycles. The molecule has 1 aliphatic carbocycles. The number of hydrogen-bond donors (Lipinski definition) is 2. The molecule has 1 aliphatic rings. The smallest absolute Gasteiger partial charge is 0.318 e. The summed E-state index contributed by atoms with van der Waals surface area (Å²) in [6.45, 7) is 3.46. The second-order valence-corrected chi connectivity index (χ2v) is 4.44. The van der Waals surface area contributed by atoms with Gasteiger partial charge in [-0.05, 0) is 32.6 Å². The van der Waals surface area contributed by atoms with E-state index < -0.39 is 17.3 Å². The molecule has 0 aromatic heterocycles. The van der Waals surface area contributed by atoms with Crippen molar-refractivity contribution in [1.82, 2.24) is 5.32 Å². The van der Waals surface area contributed by atoms with Gasteiger partial charge in [-0.25, -0.2) is 0 Å². The lowest BCUT2D eigenvalue weighted by Crippen LogP contribution is -2.44. The van der Waals surface area contributed by atoms with Gasteiger partial charge in [0.15, 0.2) is 0 Å². The molecule has 0 aliphatic heterocycles. The summed E-state index contributed by atoms with van der Waals surface area (Å²) in [6, 6.07) is 0. The molecule has 1 rings (SSSR count). The van der Waals surface area contributed by atoms with Crippen LogP contribution >= 0.6 is 0 Å². The Kier molecular flexibility index (Phi) is 3.13. The molecular weight excluding hydrogens is 182 g/mol. The zero-order valence-electron chi connectivity index (χ0n) is 8.67. The van der Waals surface area contributed by atoms with Crippen LogP contribution in [0.4, 0.5) is 0 Å². The predicted molar refractivity (Wildman–Crippen MR) is 51.8 cm³/mol. The molecule has 0 radical (unpaired) electrons. The average Bonchev–Trinajstić information content (AvgIpc) is 2.00. The van der Waals surface area contributed by atoms with Crippen LogP contribution in [0.3, 0.4) is 0 Å². The Balaban J connectivity index is 2.36. The van der Waals surface area contributed by atoms with E-state index in [1.807, 2.05) is 0 Å². The van der Waals surface area contributed by atoms with E-state index in [9.17, 15) is 9.59 Å². The van der Waals surface area contributed by atoms with Crippen molar-refractivity contribution >= 4 is 11.9 Å². The molecule has 4 nitrogen and oxygen atoms in total. The number of nitrogens with one attached hydrogen (secondary N) is 1. The molecule has 0 bridgehead atoms. The van der Waals surface area contributed by atoms with Crippen molar-refractivity contribution in [2.45, 2.75) is 33.1 Å². The van der Waals surface area contributed by atoms with Gasteiger partial charge in [0.05, 0.1) is 0 Å². The van der Waals surface area contributed by atoms with Crippen molar-refractivity contribution < 1.29 is 14.7 Å². The molecular formula is C10H17NO3. The van der Waals surface area contributed by atoms with Gasteiger partial charge in [0.2, 0.25) is 5.91 Å². The van der Waals surface area contributed by atoms with E-state index in [0.717, 1.165) is 12.8 Å². The molecule has 4 heteroatoms. The van der Waals surface area contributed by atoms with E-state index in [1.165, 1.54) is 20.3 Å². The summed E-state index contributed by atoms with van der Waals surface area (Å²) in [5.74, 6) is -0.913. The van der Waals surface area contributed by atoms with E-state index >= 15 is 0 Å². The third kappa shape index (κ3) is 2.25. The number of carboxylic acid groups (broad SMARTS) is 1. The minimum Gasteiger partial charge on any atom is -0.480 e. The summed E-state index contributed by atoms with van der Waals surface area (Å²) in [5.41, 5.74) is -1.32. The highest BCUT2D eigenvalue weighted by Crippen LogP contribution is 2.25. The first-order valence-electron chi connectivity index (χ1n) is 4.96. The zero-order chi connectivity index (χ0) is 10.8. The van der Waals surface area contributed by atoms with Crippen LogP contribution in [0.2, 0.25) is 0 Å². The average molecular weight is 199 g/mol. The minimum absolute atomic E-state index is 0.392. The van der Waals surface area contributed by atoms with Crippen molar-refractivity contribution in [3.05, 3.63) is 0 Å². The standard InChI is InChI=1S/C10H17NO3/c1-10(2,9(13)14)8(12)11-6-7-4-3-5-7/h7H,3-6H2,1-2H3,(H,11,12)(H,13,14). The number of carboxylic acids is 1. The lowest BCUT2D eigenvalue weighted by Gasteiger charge is -2.27. The van der Waals surface area contributed by atoms with Crippen molar-refractivity contribution in [3.8, 4) is 0 Å². The van der Waals surface area contributed by atoms with E-state index in [1.54, 1.807) is 0 Å². The number of carbonyl (C=O) groups excluding carboxylic acids is 1. The fraction of sp³-hybridized carbons (Fsp3) is 0.800. The summed E-state index contributed by atoms with van der Waals surface area (Å²) in [6.07, 6.45) is 3.52. The predicted octanol–water partition coefficient (Wildman–Crippen LogP) is 1.01. The van der Waals surface area contributed by atoms with Crippen LogP contribution in [-0.2, 0) is 9.59 Å². The van der Waals surface area contributed by atoms with Crippen molar-refractivity contribution in [2.75, 3.05) is 6.54 Å². The molecule has 1 saturated carbocycles. The Morgan fingerprint density at radius 3 is 2.36 bits per heavy atom. The first-order valence-corrected chi connectivity index (χ1v) is 4.96. The maximum absolute atomic E-state index is 11.5. The summed E-state index contributed by atoms with van der Waals surface area (Å²) in [7, 11) is 0. The molecule has 80 valence electrons. The summed E-state index contributed by atoms with van der Waals surface area (Å²) in [4.78, 5) is 22.2. The molecule has 0 heterocycles. The van der Waals surface area contributed by atoms with Crippen LogP contribution in [0.15, 0.2) is 0 Å².